The van der Waals surface area contributed by atoms with E-state index in [0.717, 1.165) is 28.2 Å². The lowest BCUT2D eigenvalue weighted by molar-refractivity contribution is 0.0951. The fourth-order valence-corrected chi connectivity index (χ4v) is 2.68. The third kappa shape index (κ3) is 3.93. The van der Waals surface area contributed by atoms with Crippen LogP contribution >= 0.6 is 0 Å². The number of fused-ring (bicyclic) bond motifs is 1. The number of halogens is 1. The van der Waals surface area contributed by atoms with E-state index in [1.54, 1.807) is 0 Å². The van der Waals surface area contributed by atoms with Gasteiger partial charge in [0, 0.05) is 10.9 Å². The zero-order valence-corrected chi connectivity index (χ0v) is 14.6. The Morgan fingerprint density at radius 3 is 2.70 bits per heavy atom. The van der Waals surface area contributed by atoms with Crippen LogP contribution < -0.4 is 10.2 Å². The van der Waals surface area contributed by atoms with Crippen LogP contribution in [0.5, 0.6) is 5.75 Å². The average Bonchev–Trinajstić information content (AvgIpc) is 2.69. The van der Waals surface area contributed by atoms with Crippen molar-refractivity contribution in [3.63, 3.8) is 0 Å². The van der Waals surface area contributed by atoms with Gasteiger partial charge in [-0.05, 0) is 42.6 Å². The lowest BCUT2D eigenvalue weighted by Gasteiger charge is -2.09. The summed E-state index contributed by atoms with van der Waals surface area (Å²) in [5.41, 5.74) is 3.06. The largest absolute Gasteiger partial charge is 0.493 e. The Balaban J connectivity index is 1.82. The number of hydrazone groups is 1. The van der Waals surface area contributed by atoms with Gasteiger partial charge in [-0.25, -0.2) is 9.82 Å². The number of rotatable bonds is 5. The molecule has 0 aromatic heterocycles. The number of amides is 1. The van der Waals surface area contributed by atoms with Crippen LogP contribution in [0.3, 0.4) is 0 Å². The predicted octanol–water partition coefficient (Wildman–Crippen LogP) is 4.01. The molecule has 3 aromatic rings. The van der Waals surface area contributed by atoms with Crippen LogP contribution in [0.1, 0.15) is 28.4 Å². The Bertz CT molecular complexity index is 1070. The number of carbonyl (C=O) groups is 1. The SMILES string of the molecule is CCOc1ccc(/C=N\NC(=O)c2ccc(C#N)cc2F)c2ccccc12. The molecular formula is C21H16FN3O2. The van der Waals surface area contributed by atoms with Crippen molar-refractivity contribution in [2.45, 2.75) is 6.92 Å². The highest BCUT2D eigenvalue weighted by atomic mass is 19.1. The van der Waals surface area contributed by atoms with E-state index in [1.165, 1.54) is 18.3 Å². The molecular weight excluding hydrogens is 345 g/mol. The van der Waals surface area contributed by atoms with Gasteiger partial charge in [-0.3, -0.25) is 4.79 Å². The fourth-order valence-electron chi connectivity index (χ4n) is 2.68. The lowest BCUT2D eigenvalue weighted by atomic mass is 10.0. The second-order valence-corrected chi connectivity index (χ2v) is 5.64. The van der Waals surface area contributed by atoms with E-state index in [1.807, 2.05) is 49.4 Å². The van der Waals surface area contributed by atoms with Gasteiger partial charge >= 0.3 is 0 Å². The van der Waals surface area contributed by atoms with Gasteiger partial charge in [-0.1, -0.05) is 24.3 Å². The van der Waals surface area contributed by atoms with Gasteiger partial charge < -0.3 is 4.74 Å². The summed E-state index contributed by atoms with van der Waals surface area (Å²) in [6.07, 6.45) is 1.50. The van der Waals surface area contributed by atoms with Gasteiger partial charge in [0.05, 0.1) is 30.0 Å². The number of ether oxygens (including phenoxy) is 1. The van der Waals surface area contributed by atoms with Crippen molar-refractivity contribution in [2.24, 2.45) is 5.10 Å². The Morgan fingerprint density at radius 2 is 2.00 bits per heavy atom. The molecule has 0 unspecified atom stereocenters. The molecule has 0 saturated carbocycles. The molecule has 0 aliphatic heterocycles. The van der Waals surface area contributed by atoms with Crippen LogP contribution in [0.15, 0.2) is 59.7 Å². The third-order valence-corrected chi connectivity index (χ3v) is 3.93. The maximum atomic E-state index is 13.9. The number of hydrogen-bond acceptors (Lipinski definition) is 4. The summed E-state index contributed by atoms with van der Waals surface area (Å²) in [5, 5.41) is 14.5. The summed E-state index contributed by atoms with van der Waals surface area (Å²) in [7, 11) is 0. The minimum absolute atomic E-state index is 0.147. The van der Waals surface area contributed by atoms with Crippen molar-refractivity contribution >= 4 is 22.9 Å². The van der Waals surface area contributed by atoms with Crippen LogP contribution in [0.2, 0.25) is 0 Å². The molecule has 0 heterocycles. The highest BCUT2D eigenvalue weighted by Gasteiger charge is 2.11. The Hall–Kier alpha value is -3.72. The summed E-state index contributed by atoms with van der Waals surface area (Å²) in [6.45, 7) is 2.48. The van der Waals surface area contributed by atoms with E-state index in [0.29, 0.717) is 6.61 Å². The van der Waals surface area contributed by atoms with Crippen molar-refractivity contribution in [1.29, 1.82) is 5.26 Å². The van der Waals surface area contributed by atoms with Crippen LogP contribution in [0.25, 0.3) is 10.8 Å². The first-order valence-electron chi connectivity index (χ1n) is 8.31. The summed E-state index contributed by atoms with van der Waals surface area (Å²) >= 11 is 0. The molecule has 0 atom stereocenters. The molecule has 134 valence electrons. The van der Waals surface area contributed by atoms with Crippen molar-refractivity contribution < 1.29 is 13.9 Å². The molecule has 1 amide bonds. The molecule has 0 spiro atoms. The van der Waals surface area contributed by atoms with E-state index >= 15 is 0 Å². The van der Waals surface area contributed by atoms with Gasteiger partial charge in [-0.2, -0.15) is 10.4 Å². The molecule has 6 heteroatoms. The maximum Gasteiger partial charge on any atom is 0.274 e. The van der Waals surface area contributed by atoms with Gasteiger partial charge in [0.1, 0.15) is 11.6 Å². The highest BCUT2D eigenvalue weighted by molar-refractivity contribution is 6.03. The van der Waals surface area contributed by atoms with Gasteiger partial charge in [0.25, 0.3) is 5.91 Å². The molecule has 1 N–H and O–H groups in total. The Labute approximate surface area is 155 Å². The summed E-state index contributed by atoms with van der Waals surface area (Å²) in [5.74, 6) is -0.689. The number of benzene rings is 3. The molecule has 0 aliphatic rings. The molecule has 0 bridgehead atoms. The van der Waals surface area contributed by atoms with Gasteiger partial charge in [-0.15, -0.1) is 0 Å². The molecule has 0 aliphatic carbocycles. The lowest BCUT2D eigenvalue weighted by Crippen LogP contribution is -2.19. The van der Waals surface area contributed by atoms with Crippen LogP contribution in [-0.4, -0.2) is 18.7 Å². The molecule has 3 aromatic carbocycles. The molecule has 0 fully saturated rings. The van der Waals surface area contributed by atoms with Crippen LogP contribution in [-0.2, 0) is 0 Å². The summed E-state index contributed by atoms with van der Waals surface area (Å²) in [4.78, 5) is 12.1. The number of hydrogen-bond donors (Lipinski definition) is 1. The third-order valence-electron chi connectivity index (χ3n) is 3.93. The van der Waals surface area contributed by atoms with Crippen molar-refractivity contribution in [3.05, 3.63) is 77.1 Å². The van der Waals surface area contributed by atoms with Crippen LogP contribution in [0, 0.1) is 17.1 Å². The maximum absolute atomic E-state index is 13.9. The highest BCUT2D eigenvalue weighted by Crippen LogP contribution is 2.27. The van der Waals surface area contributed by atoms with Gasteiger partial charge in [0.15, 0.2) is 0 Å². The normalized spacial score (nSPS) is 10.7. The number of carbonyl (C=O) groups excluding carboxylic acids is 1. The Morgan fingerprint density at radius 1 is 1.22 bits per heavy atom. The second kappa shape index (κ2) is 8.11. The van der Waals surface area contributed by atoms with Gasteiger partial charge in [0.2, 0.25) is 0 Å². The first kappa shape index (κ1) is 18.1. The smallest absolute Gasteiger partial charge is 0.274 e. The topological polar surface area (TPSA) is 74.5 Å². The van der Waals surface area contributed by atoms with Crippen LogP contribution in [0.4, 0.5) is 4.39 Å². The number of nitrogens with one attached hydrogen (secondary N) is 1. The van der Waals surface area contributed by atoms with E-state index in [-0.39, 0.29) is 11.1 Å². The first-order chi connectivity index (χ1) is 13.1. The monoisotopic (exact) mass is 361 g/mol. The summed E-state index contributed by atoms with van der Waals surface area (Å²) in [6, 6.07) is 16.8. The summed E-state index contributed by atoms with van der Waals surface area (Å²) < 4.78 is 19.5. The van der Waals surface area contributed by atoms with E-state index in [2.05, 4.69) is 10.5 Å². The van der Waals surface area contributed by atoms with Crippen molar-refractivity contribution in [2.75, 3.05) is 6.61 Å². The molecule has 0 radical (unpaired) electrons. The molecule has 5 nitrogen and oxygen atoms in total. The van der Waals surface area contributed by atoms with E-state index in [9.17, 15) is 9.18 Å². The Kier molecular flexibility index (Phi) is 5.43. The second-order valence-electron chi connectivity index (χ2n) is 5.64. The molecule has 3 rings (SSSR count). The minimum atomic E-state index is -0.770. The standard InChI is InChI=1S/C21H16FN3O2/c1-2-27-20-10-8-15(16-5-3-4-6-17(16)20)13-24-25-21(26)18-9-7-14(12-23)11-19(18)22/h3-11,13H,2H2,1H3,(H,25,26)/b24-13-. The number of nitriles is 1. The minimum Gasteiger partial charge on any atom is -0.493 e. The van der Waals surface area contributed by atoms with E-state index in [4.69, 9.17) is 10.00 Å². The average molecular weight is 361 g/mol. The first-order valence-corrected chi connectivity index (χ1v) is 8.31. The van der Waals surface area contributed by atoms with Crippen molar-refractivity contribution in [1.82, 2.24) is 5.43 Å². The molecule has 0 saturated heterocycles. The van der Waals surface area contributed by atoms with E-state index < -0.39 is 11.7 Å². The zero-order chi connectivity index (χ0) is 19.2. The fraction of sp³-hybridized carbons (Fsp3) is 0.0952. The molecule has 27 heavy (non-hydrogen) atoms. The predicted molar refractivity (Wildman–Crippen MR) is 101 cm³/mol. The zero-order valence-electron chi connectivity index (χ0n) is 14.6. The number of nitrogens with zero attached hydrogens (tertiary/aromatic N) is 2. The van der Waals surface area contributed by atoms with Crippen molar-refractivity contribution in [3.8, 4) is 11.8 Å². The quantitative estimate of drug-likeness (QED) is 0.551.